The Morgan fingerprint density at radius 3 is 2.25 bits per heavy atom. The van der Waals surface area contributed by atoms with Crippen LogP contribution in [0.1, 0.15) is 63.6 Å². The van der Waals surface area contributed by atoms with E-state index in [0.717, 1.165) is 29.3 Å². The molecule has 1 aliphatic rings. The predicted molar refractivity (Wildman–Crippen MR) is 131 cm³/mol. The topological polar surface area (TPSA) is 49.9 Å². The molecule has 0 spiro atoms. The fourth-order valence-corrected chi connectivity index (χ4v) is 4.88. The molecule has 1 aliphatic heterocycles. The van der Waals surface area contributed by atoms with Gasteiger partial charge in [-0.2, -0.15) is 0 Å². The minimum absolute atomic E-state index is 0.0985. The second-order valence-electron chi connectivity index (χ2n) is 8.39. The lowest BCUT2D eigenvalue weighted by Crippen LogP contribution is -2.73. The summed E-state index contributed by atoms with van der Waals surface area (Å²) >= 11 is 3.45. The van der Waals surface area contributed by atoms with Gasteiger partial charge in [0.1, 0.15) is 11.2 Å². The van der Waals surface area contributed by atoms with Gasteiger partial charge in [-0.1, -0.05) is 85.6 Å². The van der Waals surface area contributed by atoms with Gasteiger partial charge in [-0.05, 0) is 42.5 Å². The lowest BCUT2D eigenvalue weighted by atomic mass is 9.72. The molecule has 1 heterocycles. The molecule has 2 aromatic rings. The molecule has 0 N–H and O–H groups in total. The highest BCUT2D eigenvalue weighted by atomic mass is 79.9. The number of carbonyl (C=O) groups is 2. The van der Waals surface area contributed by atoms with E-state index in [1.54, 1.807) is 11.9 Å². The summed E-state index contributed by atoms with van der Waals surface area (Å²) < 4.78 is 6.29. The van der Waals surface area contributed by atoms with Crippen molar-refractivity contribution in [2.75, 3.05) is 7.05 Å². The maximum Gasteiger partial charge on any atom is 0.330 e. The van der Waals surface area contributed by atoms with Gasteiger partial charge in [-0.3, -0.25) is 4.79 Å². The summed E-state index contributed by atoms with van der Waals surface area (Å²) in [4.78, 5) is 29.9. The number of hydrogen-bond donors (Lipinski definition) is 0. The van der Waals surface area contributed by atoms with Crippen molar-refractivity contribution >= 4 is 27.9 Å². The van der Waals surface area contributed by atoms with Crippen LogP contribution in [-0.4, -0.2) is 35.0 Å². The number of hydrogen-bond acceptors (Lipinski definition) is 3. The third-order valence-corrected chi connectivity index (χ3v) is 7.31. The Kier molecular flexibility index (Phi) is 7.99. The normalized spacial score (nSPS) is 18.1. The van der Waals surface area contributed by atoms with Gasteiger partial charge in [-0.25, -0.2) is 9.69 Å². The SMILES string of the molecule is CCCC(c1ccccc1)N(C)C(=O)N1C(=O)C(CC)(CC)C1Oc1ccc(CBr)cc1. The molecule has 1 fully saturated rings. The van der Waals surface area contributed by atoms with Crippen LogP contribution in [0.5, 0.6) is 5.75 Å². The van der Waals surface area contributed by atoms with Crippen LogP contribution >= 0.6 is 15.9 Å². The lowest BCUT2D eigenvalue weighted by molar-refractivity contribution is -0.192. The highest BCUT2D eigenvalue weighted by Gasteiger charge is 2.63. The maximum atomic E-state index is 13.6. The first kappa shape index (κ1) is 24.3. The molecule has 2 atom stereocenters. The summed E-state index contributed by atoms with van der Waals surface area (Å²) in [7, 11) is 1.78. The van der Waals surface area contributed by atoms with E-state index >= 15 is 0 Å². The van der Waals surface area contributed by atoms with Gasteiger partial charge >= 0.3 is 6.03 Å². The van der Waals surface area contributed by atoms with Gasteiger partial charge in [0.2, 0.25) is 5.91 Å². The van der Waals surface area contributed by atoms with E-state index in [2.05, 4.69) is 22.9 Å². The van der Waals surface area contributed by atoms with E-state index in [0.29, 0.717) is 18.6 Å². The van der Waals surface area contributed by atoms with Gasteiger partial charge in [0, 0.05) is 12.4 Å². The molecule has 32 heavy (non-hydrogen) atoms. The molecule has 0 saturated carbocycles. The quantitative estimate of drug-likeness (QED) is 0.290. The summed E-state index contributed by atoms with van der Waals surface area (Å²) in [5, 5.41) is 0.761. The Morgan fingerprint density at radius 1 is 1.09 bits per heavy atom. The van der Waals surface area contributed by atoms with Crippen molar-refractivity contribution in [3.05, 3.63) is 65.7 Å². The van der Waals surface area contributed by atoms with E-state index in [1.807, 2.05) is 68.4 Å². The third-order valence-electron chi connectivity index (χ3n) is 6.66. The van der Waals surface area contributed by atoms with Gasteiger partial charge in [0.05, 0.1) is 6.04 Å². The molecule has 0 bridgehead atoms. The number of imide groups is 1. The minimum Gasteiger partial charge on any atom is -0.469 e. The second kappa shape index (κ2) is 10.5. The molecule has 6 heteroatoms. The highest BCUT2D eigenvalue weighted by Crippen LogP contribution is 2.47. The van der Waals surface area contributed by atoms with Crippen molar-refractivity contribution in [2.24, 2.45) is 5.41 Å². The molecule has 0 aromatic heterocycles. The molecule has 1 saturated heterocycles. The van der Waals surface area contributed by atoms with Crippen LogP contribution in [-0.2, 0) is 10.1 Å². The number of benzene rings is 2. The Hall–Kier alpha value is -2.34. The van der Waals surface area contributed by atoms with Gasteiger partial charge < -0.3 is 9.64 Å². The number of carbonyl (C=O) groups excluding carboxylic acids is 2. The molecule has 0 radical (unpaired) electrons. The summed E-state index contributed by atoms with van der Waals surface area (Å²) in [6.07, 6.45) is 2.38. The molecule has 5 nitrogen and oxygen atoms in total. The van der Waals surface area contributed by atoms with Crippen molar-refractivity contribution in [1.29, 1.82) is 0 Å². The monoisotopic (exact) mass is 500 g/mol. The van der Waals surface area contributed by atoms with Crippen LogP contribution in [0, 0.1) is 5.41 Å². The summed E-state index contributed by atoms with van der Waals surface area (Å²) in [5.74, 6) is 0.511. The van der Waals surface area contributed by atoms with E-state index in [-0.39, 0.29) is 18.0 Å². The summed E-state index contributed by atoms with van der Waals surface area (Å²) in [5.41, 5.74) is 1.52. The Balaban J connectivity index is 1.88. The first-order chi connectivity index (χ1) is 15.4. The molecule has 3 amide bonds. The van der Waals surface area contributed by atoms with Crippen LogP contribution < -0.4 is 4.74 Å². The third kappa shape index (κ3) is 4.42. The highest BCUT2D eigenvalue weighted by molar-refractivity contribution is 9.08. The zero-order valence-electron chi connectivity index (χ0n) is 19.4. The van der Waals surface area contributed by atoms with Crippen LogP contribution in [0.3, 0.4) is 0 Å². The maximum absolute atomic E-state index is 13.6. The fraction of sp³-hybridized carbons (Fsp3) is 0.462. The second-order valence-corrected chi connectivity index (χ2v) is 8.96. The predicted octanol–water partition coefficient (Wildman–Crippen LogP) is 6.53. The van der Waals surface area contributed by atoms with Crippen LogP contribution in [0.15, 0.2) is 54.6 Å². The first-order valence-electron chi connectivity index (χ1n) is 11.4. The average molecular weight is 501 g/mol. The number of likely N-dealkylation sites (tertiary alicyclic amines) is 1. The smallest absolute Gasteiger partial charge is 0.330 e. The summed E-state index contributed by atoms with van der Waals surface area (Å²) in [6.45, 7) is 6.08. The van der Waals surface area contributed by atoms with Crippen molar-refractivity contribution in [2.45, 2.75) is 64.1 Å². The number of amides is 3. The van der Waals surface area contributed by atoms with E-state index < -0.39 is 11.6 Å². The zero-order chi connectivity index (χ0) is 23.3. The molecule has 3 rings (SSSR count). The number of halogens is 1. The minimum atomic E-state index is -0.683. The van der Waals surface area contributed by atoms with Gasteiger partial charge in [0.15, 0.2) is 6.23 Å². The van der Waals surface area contributed by atoms with E-state index in [4.69, 9.17) is 4.74 Å². The zero-order valence-corrected chi connectivity index (χ0v) is 21.0. The van der Waals surface area contributed by atoms with Crippen molar-refractivity contribution in [1.82, 2.24) is 9.80 Å². The molecular formula is C26H33BrN2O3. The van der Waals surface area contributed by atoms with Crippen molar-refractivity contribution in [3.8, 4) is 5.75 Å². The lowest BCUT2D eigenvalue weighted by Gasteiger charge is -2.54. The Bertz CT molecular complexity index is 912. The van der Waals surface area contributed by atoms with Crippen molar-refractivity contribution in [3.63, 3.8) is 0 Å². The first-order valence-corrected chi connectivity index (χ1v) is 12.5. The number of alkyl halides is 1. The standard InChI is InChI=1S/C26H33BrN2O3/c1-5-11-22(20-12-9-8-10-13-20)28(4)25(31)29-23(30)26(6-2,7-3)24(29)32-21-16-14-19(18-27)15-17-21/h8-10,12-17,22,24H,5-7,11,18H2,1-4H3. The van der Waals surface area contributed by atoms with E-state index in [1.165, 1.54) is 4.90 Å². The van der Waals surface area contributed by atoms with Crippen molar-refractivity contribution < 1.29 is 14.3 Å². The average Bonchev–Trinajstić information content (AvgIpc) is 2.83. The Labute approximate surface area is 199 Å². The fourth-order valence-electron chi connectivity index (χ4n) is 4.51. The van der Waals surface area contributed by atoms with Gasteiger partial charge in [-0.15, -0.1) is 0 Å². The number of nitrogens with zero attached hydrogens (tertiary/aromatic N) is 2. The largest absolute Gasteiger partial charge is 0.469 e. The van der Waals surface area contributed by atoms with Crippen LogP contribution in [0.2, 0.25) is 0 Å². The van der Waals surface area contributed by atoms with E-state index in [9.17, 15) is 9.59 Å². The summed E-state index contributed by atoms with van der Waals surface area (Å²) in [6, 6.07) is 17.3. The molecule has 0 aliphatic carbocycles. The number of urea groups is 1. The van der Waals surface area contributed by atoms with Crippen LogP contribution in [0.4, 0.5) is 4.79 Å². The number of rotatable bonds is 9. The molecule has 2 unspecified atom stereocenters. The number of β-lactam (4-membered cyclic amide) rings is 1. The van der Waals surface area contributed by atoms with Crippen LogP contribution in [0.25, 0.3) is 0 Å². The Morgan fingerprint density at radius 2 is 1.72 bits per heavy atom. The molecular weight excluding hydrogens is 468 g/mol. The molecule has 2 aromatic carbocycles. The number of ether oxygens (including phenoxy) is 1. The van der Waals surface area contributed by atoms with Gasteiger partial charge in [0.25, 0.3) is 0 Å². The molecule has 172 valence electrons.